The van der Waals surface area contributed by atoms with Gasteiger partial charge in [0.25, 0.3) is 5.91 Å². The quantitative estimate of drug-likeness (QED) is 0.573. The average Bonchev–Trinajstić information content (AvgIpc) is 3.14. The van der Waals surface area contributed by atoms with Crippen LogP contribution in [0.15, 0.2) is 34.7 Å². The Morgan fingerprint density at radius 2 is 1.86 bits per heavy atom. The molecule has 0 radical (unpaired) electrons. The first kappa shape index (κ1) is 19.8. The van der Waals surface area contributed by atoms with Crippen LogP contribution < -0.4 is 5.32 Å². The number of anilines is 1. The minimum Gasteiger partial charge on any atom is -0.466 e. The minimum atomic E-state index is -0.540. The first-order valence-electron chi connectivity index (χ1n) is 8.76. The van der Waals surface area contributed by atoms with Crippen LogP contribution in [0.4, 0.5) is 9.39 Å². The van der Waals surface area contributed by atoms with E-state index in [0.29, 0.717) is 33.2 Å². The number of halogens is 1. The van der Waals surface area contributed by atoms with Gasteiger partial charge in [0.05, 0.1) is 12.2 Å². The molecule has 1 amide bonds. The maximum atomic E-state index is 13.3. The third-order valence-electron chi connectivity index (χ3n) is 4.21. The average molecular weight is 401 g/mol. The van der Waals surface area contributed by atoms with Gasteiger partial charge in [-0.15, -0.1) is 11.3 Å². The molecule has 2 aromatic heterocycles. The fraction of sp³-hybridized carbons (Fsp3) is 0.238. The van der Waals surface area contributed by atoms with Crippen molar-refractivity contribution < 1.29 is 23.1 Å². The maximum absolute atomic E-state index is 13.3. The fourth-order valence-electron chi connectivity index (χ4n) is 3.02. The van der Waals surface area contributed by atoms with E-state index in [4.69, 9.17) is 9.15 Å². The van der Waals surface area contributed by atoms with Gasteiger partial charge in [-0.3, -0.25) is 4.79 Å². The Morgan fingerprint density at radius 1 is 1.18 bits per heavy atom. The molecule has 146 valence electrons. The van der Waals surface area contributed by atoms with Crippen LogP contribution in [-0.4, -0.2) is 18.5 Å². The van der Waals surface area contributed by atoms with Crippen molar-refractivity contribution in [1.29, 1.82) is 0 Å². The summed E-state index contributed by atoms with van der Waals surface area (Å²) in [5.74, 6) is -0.149. The zero-order valence-electron chi connectivity index (χ0n) is 16.0. The monoisotopic (exact) mass is 401 g/mol. The van der Waals surface area contributed by atoms with Crippen molar-refractivity contribution in [2.24, 2.45) is 0 Å². The van der Waals surface area contributed by atoms with E-state index in [1.165, 1.54) is 23.5 Å². The zero-order valence-corrected chi connectivity index (χ0v) is 16.8. The summed E-state index contributed by atoms with van der Waals surface area (Å²) in [6.45, 7) is 7.22. The number of rotatable bonds is 5. The number of hydrogen-bond acceptors (Lipinski definition) is 5. The molecule has 0 saturated carbocycles. The van der Waals surface area contributed by atoms with Gasteiger partial charge in [0.15, 0.2) is 0 Å². The Morgan fingerprint density at radius 3 is 2.43 bits per heavy atom. The number of benzene rings is 1. The van der Waals surface area contributed by atoms with E-state index in [0.717, 1.165) is 4.88 Å². The number of amides is 1. The van der Waals surface area contributed by atoms with Crippen molar-refractivity contribution in [3.8, 4) is 11.1 Å². The lowest BCUT2D eigenvalue weighted by Gasteiger charge is -2.09. The molecule has 0 atom stereocenters. The molecule has 3 aromatic rings. The Bertz CT molecular complexity index is 1030. The summed E-state index contributed by atoms with van der Waals surface area (Å²) < 4.78 is 24.0. The molecule has 0 unspecified atom stereocenters. The third-order valence-corrected chi connectivity index (χ3v) is 5.23. The Balaban J connectivity index is 2.07. The lowest BCUT2D eigenvalue weighted by atomic mass is 10.0. The molecule has 2 heterocycles. The van der Waals surface area contributed by atoms with E-state index in [1.54, 1.807) is 39.0 Å². The second-order valence-electron chi connectivity index (χ2n) is 6.25. The van der Waals surface area contributed by atoms with Gasteiger partial charge in [-0.2, -0.15) is 0 Å². The summed E-state index contributed by atoms with van der Waals surface area (Å²) in [4.78, 5) is 26.2. The summed E-state index contributed by atoms with van der Waals surface area (Å²) in [6.07, 6.45) is 0. The summed E-state index contributed by atoms with van der Waals surface area (Å²) in [7, 11) is 0. The largest absolute Gasteiger partial charge is 0.466 e. The fourth-order valence-corrected chi connectivity index (χ4v) is 4.08. The van der Waals surface area contributed by atoms with Crippen LogP contribution in [0.1, 0.15) is 44.0 Å². The van der Waals surface area contributed by atoms with Crippen LogP contribution in [0.3, 0.4) is 0 Å². The van der Waals surface area contributed by atoms with Crippen molar-refractivity contribution in [1.82, 2.24) is 0 Å². The van der Waals surface area contributed by atoms with Crippen LogP contribution in [-0.2, 0) is 4.74 Å². The van der Waals surface area contributed by atoms with Crippen molar-refractivity contribution in [3.05, 3.63) is 63.7 Å². The maximum Gasteiger partial charge on any atom is 0.341 e. The second-order valence-corrected chi connectivity index (χ2v) is 7.47. The van der Waals surface area contributed by atoms with Crippen LogP contribution in [0.2, 0.25) is 0 Å². The smallest absolute Gasteiger partial charge is 0.341 e. The van der Waals surface area contributed by atoms with Crippen molar-refractivity contribution >= 4 is 28.2 Å². The molecule has 0 aliphatic heterocycles. The first-order chi connectivity index (χ1) is 13.3. The molecule has 28 heavy (non-hydrogen) atoms. The van der Waals surface area contributed by atoms with Gasteiger partial charge in [-0.05, 0) is 51.5 Å². The van der Waals surface area contributed by atoms with Crippen LogP contribution >= 0.6 is 11.3 Å². The molecule has 1 N–H and O–H groups in total. The summed E-state index contributed by atoms with van der Waals surface area (Å²) in [6, 6.07) is 7.51. The second kappa shape index (κ2) is 7.98. The predicted octanol–water partition coefficient (Wildman–Crippen LogP) is 5.50. The highest BCUT2D eigenvalue weighted by Gasteiger charge is 2.26. The molecule has 0 bridgehead atoms. The molecule has 0 saturated heterocycles. The number of carbonyl (C=O) groups is 2. The minimum absolute atomic E-state index is 0.198. The molecule has 0 aliphatic rings. The van der Waals surface area contributed by atoms with E-state index in [-0.39, 0.29) is 23.9 Å². The van der Waals surface area contributed by atoms with Crippen LogP contribution in [0.25, 0.3) is 11.1 Å². The predicted molar refractivity (Wildman–Crippen MR) is 107 cm³/mol. The number of esters is 1. The van der Waals surface area contributed by atoms with E-state index >= 15 is 0 Å². The highest BCUT2D eigenvalue weighted by molar-refractivity contribution is 7.17. The Labute approximate surface area is 166 Å². The summed E-state index contributed by atoms with van der Waals surface area (Å²) in [5.41, 5.74) is 1.97. The molecule has 5 nitrogen and oxygen atoms in total. The molecule has 7 heteroatoms. The lowest BCUT2D eigenvalue weighted by molar-refractivity contribution is 0.0529. The lowest BCUT2D eigenvalue weighted by Crippen LogP contribution is -2.15. The van der Waals surface area contributed by atoms with E-state index in [1.807, 2.05) is 6.92 Å². The topological polar surface area (TPSA) is 68.5 Å². The molecular weight excluding hydrogens is 381 g/mol. The van der Waals surface area contributed by atoms with Gasteiger partial charge in [-0.25, -0.2) is 9.18 Å². The Kier molecular flexibility index (Phi) is 5.65. The van der Waals surface area contributed by atoms with Gasteiger partial charge in [0, 0.05) is 10.4 Å². The number of aryl methyl sites for hydroxylation is 3. The molecule has 0 aliphatic carbocycles. The van der Waals surface area contributed by atoms with E-state index in [2.05, 4.69) is 5.32 Å². The summed E-state index contributed by atoms with van der Waals surface area (Å²) >= 11 is 1.27. The Hall–Kier alpha value is -2.93. The van der Waals surface area contributed by atoms with Crippen molar-refractivity contribution in [2.45, 2.75) is 27.7 Å². The molecule has 3 rings (SSSR count). The standard InChI is InChI=1S/C21H20FNO4S/c1-5-26-21(25)18-17(14-6-8-15(22)9-7-14)13(4)28-20(18)23-19(24)16-10-11(2)27-12(16)3/h6-10H,5H2,1-4H3,(H,23,24). The molecular formula is C21H20FNO4S. The molecule has 0 fully saturated rings. The number of nitrogens with one attached hydrogen (secondary N) is 1. The van der Waals surface area contributed by atoms with E-state index < -0.39 is 5.97 Å². The molecule has 1 aromatic carbocycles. The zero-order chi connectivity index (χ0) is 20.4. The van der Waals surface area contributed by atoms with Crippen molar-refractivity contribution in [3.63, 3.8) is 0 Å². The van der Waals surface area contributed by atoms with Crippen LogP contribution in [0.5, 0.6) is 0 Å². The number of carbonyl (C=O) groups excluding carboxylic acids is 2. The third kappa shape index (κ3) is 3.84. The highest BCUT2D eigenvalue weighted by atomic mass is 32.1. The van der Waals surface area contributed by atoms with Gasteiger partial charge >= 0.3 is 5.97 Å². The van der Waals surface area contributed by atoms with Crippen molar-refractivity contribution in [2.75, 3.05) is 11.9 Å². The van der Waals surface area contributed by atoms with Gasteiger partial charge in [-0.1, -0.05) is 12.1 Å². The van der Waals surface area contributed by atoms with Gasteiger partial charge in [0.2, 0.25) is 0 Å². The summed E-state index contributed by atoms with van der Waals surface area (Å²) in [5, 5.41) is 3.19. The number of ether oxygens (including phenoxy) is 1. The number of furan rings is 1. The van der Waals surface area contributed by atoms with Crippen LogP contribution in [0, 0.1) is 26.6 Å². The first-order valence-corrected chi connectivity index (χ1v) is 9.58. The van der Waals surface area contributed by atoms with E-state index in [9.17, 15) is 14.0 Å². The SMILES string of the molecule is CCOC(=O)c1c(NC(=O)c2cc(C)oc2C)sc(C)c1-c1ccc(F)cc1. The van der Waals surface area contributed by atoms with Gasteiger partial charge < -0.3 is 14.5 Å². The molecule has 0 spiro atoms. The number of thiophene rings is 1. The normalized spacial score (nSPS) is 10.8. The number of hydrogen-bond donors (Lipinski definition) is 1. The highest BCUT2D eigenvalue weighted by Crippen LogP contribution is 2.40. The van der Waals surface area contributed by atoms with Gasteiger partial charge in [0.1, 0.15) is 27.9 Å².